The molecule has 10 heteroatoms. The van der Waals surface area contributed by atoms with Crippen LogP contribution in [-0.4, -0.2) is 61.3 Å². The molecule has 0 saturated carbocycles. The van der Waals surface area contributed by atoms with Gasteiger partial charge in [0.05, 0.1) is 7.11 Å². The fourth-order valence-electron chi connectivity index (χ4n) is 3.67. The van der Waals surface area contributed by atoms with Gasteiger partial charge in [-0.25, -0.2) is 9.59 Å². The van der Waals surface area contributed by atoms with E-state index >= 15 is 0 Å². The van der Waals surface area contributed by atoms with Crippen LogP contribution in [-0.2, 0) is 30.3 Å². The van der Waals surface area contributed by atoms with Crippen molar-refractivity contribution in [3.63, 3.8) is 0 Å². The molecule has 204 valence electrons. The van der Waals surface area contributed by atoms with E-state index in [1.165, 1.54) is 7.11 Å². The second-order valence-corrected chi connectivity index (χ2v) is 10.3. The lowest BCUT2D eigenvalue weighted by Gasteiger charge is -2.26. The number of hydrogen-bond acceptors (Lipinski definition) is 7. The first-order chi connectivity index (χ1) is 17.4. The molecule has 3 N–H and O–H groups in total. The first kappa shape index (κ1) is 29.7. The van der Waals surface area contributed by atoms with E-state index in [1.807, 2.05) is 13.8 Å². The van der Waals surface area contributed by atoms with E-state index in [2.05, 4.69) is 16.0 Å². The van der Waals surface area contributed by atoms with Crippen LogP contribution in [0.15, 0.2) is 36.4 Å². The van der Waals surface area contributed by atoms with Gasteiger partial charge in [-0.1, -0.05) is 38.1 Å². The van der Waals surface area contributed by atoms with E-state index in [9.17, 15) is 19.2 Å². The first-order valence-corrected chi connectivity index (χ1v) is 12.4. The Morgan fingerprint density at radius 2 is 1.76 bits per heavy atom. The van der Waals surface area contributed by atoms with E-state index < -0.39 is 47.6 Å². The van der Waals surface area contributed by atoms with Gasteiger partial charge in [-0.05, 0) is 57.2 Å². The molecule has 0 aromatic heterocycles. The van der Waals surface area contributed by atoms with Crippen molar-refractivity contribution in [1.29, 1.82) is 0 Å². The van der Waals surface area contributed by atoms with Gasteiger partial charge in [-0.3, -0.25) is 9.59 Å². The number of hydrogen-bond donors (Lipinski definition) is 3. The van der Waals surface area contributed by atoms with Crippen LogP contribution in [0.2, 0.25) is 0 Å². The van der Waals surface area contributed by atoms with Crippen LogP contribution >= 0.6 is 0 Å². The van der Waals surface area contributed by atoms with Gasteiger partial charge in [0.2, 0.25) is 11.8 Å². The van der Waals surface area contributed by atoms with E-state index in [-0.39, 0.29) is 25.4 Å². The topological polar surface area (TPSA) is 132 Å². The van der Waals surface area contributed by atoms with Crippen molar-refractivity contribution >= 4 is 23.9 Å². The highest BCUT2D eigenvalue weighted by Crippen LogP contribution is 2.15. The molecule has 0 unspecified atom stereocenters. The average molecular weight is 518 g/mol. The summed E-state index contributed by atoms with van der Waals surface area (Å²) in [6.45, 7) is 9.27. The molecule has 2 aliphatic heterocycles. The highest BCUT2D eigenvalue weighted by molar-refractivity contribution is 5.93. The molecular weight excluding hydrogens is 478 g/mol. The lowest BCUT2D eigenvalue weighted by Crippen LogP contribution is -2.56. The number of ether oxygens (including phenoxy) is 3. The molecule has 37 heavy (non-hydrogen) atoms. The van der Waals surface area contributed by atoms with Gasteiger partial charge in [0.25, 0.3) is 0 Å². The predicted molar refractivity (Wildman–Crippen MR) is 138 cm³/mol. The number of alkyl carbamates (subject to hydrolysis) is 1. The van der Waals surface area contributed by atoms with Crippen LogP contribution in [0.25, 0.3) is 0 Å². The molecule has 1 aromatic rings. The third kappa shape index (κ3) is 10.5. The summed E-state index contributed by atoms with van der Waals surface area (Å²) in [6, 6.07) is 4.26. The SMILES string of the molecule is COC(=O)[C@@H]1CC=CCOc2ccc(cc2)C[C@H](NC(=O)OC(C)(C)C)C(=O)N[C@@H](CC(C)C)C(=O)N1. The van der Waals surface area contributed by atoms with Crippen molar-refractivity contribution in [1.82, 2.24) is 16.0 Å². The summed E-state index contributed by atoms with van der Waals surface area (Å²) in [5, 5.41) is 8.08. The molecule has 10 nitrogen and oxygen atoms in total. The summed E-state index contributed by atoms with van der Waals surface area (Å²) in [4.78, 5) is 51.4. The Kier molecular flexibility index (Phi) is 11.0. The van der Waals surface area contributed by atoms with Crippen LogP contribution in [0.4, 0.5) is 4.79 Å². The zero-order valence-electron chi connectivity index (χ0n) is 22.5. The fraction of sp³-hybridized carbons (Fsp3) is 0.556. The molecule has 0 fully saturated rings. The van der Waals surface area contributed by atoms with Crippen LogP contribution in [0, 0.1) is 5.92 Å². The average Bonchev–Trinajstić information content (AvgIpc) is 2.80. The number of methoxy groups -OCH3 is 1. The van der Waals surface area contributed by atoms with E-state index in [0.717, 1.165) is 5.56 Å². The van der Waals surface area contributed by atoms with Crippen molar-refractivity contribution < 1.29 is 33.4 Å². The molecule has 3 atom stereocenters. The third-order valence-electron chi connectivity index (χ3n) is 5.40. The number of esters is 1. The number of amides is 3. The Morgan fingerprint density at radius 3 is 2.35 bits per heavy atom. The summed E-state index contributed by atoms with van der Waals surface area (Å²) in [7, 11) is 1.24. The number of benzene rings is 1. The van der Waals surface area contributed by atoms with Crippen LogP contribution in [0.3, 0.4) is 0 Å². The van der Waals surface area contributed by atoms with E-state index in [4.69, 9.17) is 14.2 Å². The third-order valence-corrected chi connectivity index (χ3v) is 5.40. The molecule has 2 heterocycles. The molecule has 0 aliphatic carbocycles. The van der Waals surface area contributed by atoms with Crippen molar-refractivity contribution in [3.05, 3.63) is 42.0 Å². The highest BCUT2D eigenvalue weighted by atomic mass is 16.6. The van der Waals surface area contributed by atoms with E-state index in [0.29, 0.717) is 12.2 Å². The predicted octanol–water partition coefficient (Wildman–Crippen LogP) is 2.65. The van der Waals surface area contributed by atoms with Crippen molar-refractivity contribution in [2.24, 2.45) is 5.92 Å². The summed E-state index contributed by atoms with van der Waals surface area (Å²) in [6.07, 6.45) is 3.40. The van der Waals surface area contributed by atoms with Crippen LogP contribution in [0.5, 0.6) is 5.75 Å². The molecular formula is C27H39N3O7. The normalized spacial score (nSPS) is 21.3. The maximum Gasteiger partial charge on any atom is 0.408 e. The molecule has 0 spiro atoms. The maximum atomic E-state index is 13.4. The molecule has 2 bridgehead atoms. The fourth-order valence-corrected chi connectivity index (χ4v) is 3.67. The maximum absolute atomic E-state index is 13.4. The summed E-state index contributed by atoms with van der Waals surface area (Å²) in [5.41, 5.74) is 0.0203. The minimum atomic E-state index is -1.02. The summed E-state index contributed by atoms with van der Waals surface area (Å²) >= 11 is 0. The lowest BCUT2D eigenvalue weighted by atomic mass is 10.0. The highest BCUT2D eigenvalue weighted by Gasteiger charge is 2.31. The lowest BCUT2D eigenvalue weighted by molar-refractivity contribution is -0.145. The Morgan fingerprint density at radius 1 is 1.08 bits per heavy atom. The summed E-state index contributed by atoms with van der Waals surface area (Å²) in [5.74, 6) is -0.999. The molecule has 1 aromatic carbocycles. The van der Waals surface area contributed by atoms with Gasteiger partial charge >= 0.3 is 12.1 Å². The second kappa shape index (κ2) is 13.7. The number of carbonyl (C=O) groups excluding carboxylic acids is 4. The molecule has 2 aliphatic rings. The standard InChI is InChI=1S/C27H39N3O7/c1-17(2)15-21-23(31)28-20(25(33)35-6)9-7-8-14-36-19-12-10-18(11-13-19)16-22(24(32)29-21)30-26(34)37-27(3,4)5/h7-8,10-13,17,20-22H,9,14-16H2,1-6H3,(H,28,31)(H,29,32)(H,30,34)/t20-,21-,22-/m0/s1. The van der Waals surface area contributed by atoms with Gasteiger partial charge < -0.3 is 30.2 Å². The minimum Gasteiger partial charge on any atom is -0.490 e. The number of carbonyl (C=O) groups is 4. The Bertz CT molecular complexity index is 967. The van der Waals surface area contributed by atoms with Crippen LogP contribution < -0.4 is 20.7 Å². The quantitative estimate of drug-likeness (QED) is 0.413. The zero-order valence-corrected chi connectivity index (χ0v) is 22.5. The van der Waals surface area contributed by atoms with Crippen LogP contribution in [0.1, 0.15) is 53.0 Å². The molecule has 0 radical (unpaired) electrons. The number of rotatable bonds is 4. The molecule has 3 rings (SSSR count). The monoisotopic (exact) mass is 517 g/mol. The molecule has 0 saturated heterocycles. The molecule has 3 amide bonds. The first-order valence-electron chi connectivity index (χ1n) is 12.4. The van der Waals surface area contributed by atoms with Gasteiger partial charge in [-0.15, -0.1) is 0 Å². The van der Waals surface area contributed by atoms with E-state index in [1.54, 1.807) is 57.2 Å². The largest absolute Gasteiger partial charge is 0.490 e. The Hall–Kier alpha value is -3.56. The van der Waals surface area contributed by atoms with Gasteiger partial charge in [0.1, 0.15) is 36.1 Å². The van der Waals surface area contributed by atoms with Gasteiger partial charge in [-0.2, -0.15) is 0 Å². The Labute approximate surface area is 218 Å². The number of fused-ring (bicyclic) bond motifs is 13. The van der Waals surface area contributed by atoms with Crippen molar-refractivity contribution in [3.8, 4) is 5.75 Å². The zero-order chi connectivity index (χ0) is 27.6. The van der Waals surface area contributed by atoms with Crippen molar-refractivity contribution in [2.75, 3.05) is 13.7 Å². The smallest absolute Gasteiger partial charge is 0.408 e. The number of nitrogens with one attached hydrogen (secondary N) is 3. The van der Waals surface area contributed by atoms with Crippen molar-refractivity contribution in [2.45, 2.75) is 77.6 Å². The van der Waals surface area contributed by atoms with Gasteiger partial charge in [0, 0.05) is 6.42 Å². The Balaban J connectivity index is 2.39. The summed E-state index contributed by atoms with van der Waals surface area (Å²) < 4.78 is 15.9. The second-order valence-electron chi connectivity index (χ2n) is 10.3. The van der Waals surface area contributed by atoms with Gasteiger partial charge in [0.15, 0.2) is 0 Å². The minimum absolute atomic E-state index is 0.0589.